The van der Waals surface area contributed by atoms with E-state index in [0.29, 0.717) is 33.6 Å². The van der Waals surface area contributed by atoms with Crippen LogP contribution in [0.5, 0.6) is 0 Å². The number of allylic oxidation sites excluding steroid dienone is 4. The average molecular weight is 474 g/mol. The van der Waals surface area contributed by atoms with Gasteiger partial charge in [0.15, 0.2) is 0 Å². The average Bonchev–Trinajstić information content (AvgIpc) is 2.80. The molecule has 0 aliphatic carbocycles. The minimum absolute atomic E-state index is 0.389. The highest BCUT2D eigenvalue weighted by atomic mass is 31.1. The summed E-state index contributed by atoms with van der Waals surface area (Å²) in [6.07, 6.45) is 6.03. The van der Waals surface area contributed by atoms with Gasteiger partial charge in [0, 0.05) is 15.9 Å². The van der Waals surface area contributed by atoms with Gasteiger partial charge in [0.25, 0.3) is 0 Å². The number of benzene rings is 3. The van der Waals surface area contributed by atoms with Crippen LogP contribution in [0.15, 0.2) is 96.3 Å². The third-order valence-electron chi connectivity index (χ3n) is 4.94. The molecule has 0 spiro atoms. The van der Waals surface area contributed by atoms with E-state index in [4.69, 9.17) is 0 Å². The van der Waals surface area contributed by atoms with Crippen molar-refractivity contribution in [3.63, 3.8) is 0 Å². The van der Waals surface area contributed by atoms with Crippen LogP contribution in [0.4, 0.5) is 17.6 Å². The molecule has 0 radical (unpaired) electrons. The number of hydrogen-bond acceptors (Lipinski definition) is 0. The second-order valence-electron chi connectivity index (χ2n) is 6.97. The van der Waals surface area contributed by atoms with E-state index in [1.54, 1.807) is 72.8 Å². The summed E-state index contributed by atoms with van der Waals surface area (Å²) in [4.78, 5) is 0. The summed E-state index contributed by atoms with van der Waals surface area (Å²) in [5.74, 6) is -1.18. The first kappa shape index (κ1) is 24.4. The lowest BCUT2D eigenvalue weighted by Crippen LogP contribution is -2.22. The van der Waals surface area contributed by atoms with Crippen molar-refractivity contribution in [2.45, 2.75) is 6.92 Å². The highest BCUT2D eigenvalue weighted by Crippen LogP contribution is 2.48. The lowest BCUT2D eigenvalue weighted by molar-refractivity contribution is 0.556. The molecule has 0 saturated heterocycles. The highest BCUT2D eigenvalue weighted by molar-refractivity contribution is 7.75. The lowest BCUT2D eigenvalue weighted by Gasteiger charge is -2.25. The van der Waals surface area contributed by atoms with Crippen molar-refractivity contribution in [2.75, 3.05) is 19.0 Å². The molecule has 166 valence electrons. The van der Waals surface area contributed by atoms with E-state index in [1.807, 2.05) is 6.92 Å². The lowest BCUT2D eigenvalue weighted by atomic mass is 10.3. The first-order valence-electron chi connectivity index (χ1n) is 10.2. The standard InChI is InChI=1S/C26H24F4P2/c1-2-3-10-20(19-27)31(24-14-7-4-11-21(24)28)17-18-32(25-15-8-5-12-22(25)29)26-16-9-6-13-23(26)30/h2-16H,17-19H2,1H3/b3-2-,20-10+. The van der Waals surface area contributed by atoms with Crippen LogP contribution in [0.25, 0.3) is 0 Å². The van der Waals surface area contributed by atoms with Gasteiger partial charge in [-0.2, -0.15) is 0 Å². The van der Waals surface area contributed by atoms with E-state index in [1.165, 1.54) is 18.2 Å². The van der Waals surface area contributed by atoms with Gasteiger partial charge in [-0.05, 0) is 58.6 Å². The van der Waals surface area contributed by atoms with Crippen LogP contribution in [0.3, 0.4) is 0 Å². The number of hydrogen-bond donors (Lipinski definition) is 0. The molecule has 0 aliphatic rings. The Morgan fingerprint density at radius 1 is 0.719 bits per heavy atom. The Kier molecular flexibility index (Phi) is 9.21. The molecule has 0 N–H and O–H groups in total. The Morgan fingerprint density at radius 2 is 1.19 bits per heavy atom. The number of alkyl halides is 1. The quantitative estimate of drug-likeness (QED) is 0.182. The first-order valence-corrected chi connectivity index (χ1v) is 13.3. The molecule has 1 atom stereocenters. The van der Waals surface area contributed by atoms with Gasteiger partial charge in [-0.15, -0.1) is 0 Å². The fourth-order valence-electron chi connectivity index (χ4n) is 3.42. The summed E-state index contributed by atoms with van der Waals surface area (Å²) < 4.78 is 58.2. The number of halogens is 4. The number of rotatable bonds is 9. The van der Waals surface area contributed by atoms with Gasteiger partial charge in [0.1, 0.15) is 24.1 Å². The zero-order valence-electron chi connectivity index (χ0n) is 17.7. The maximum absolute atomic E-state index is 14.7. The Labute approximate surface area is 189 Å². The predicted octanol–water partition coefficient (Wildman–Crippen LogP) is 6.77. The molecule has 3 aromatic rings. The molecule has 0 heterocycles. The fourth-order valence-corrected chi connectivity index (χ4v) is 8.80. The summed E-state index contributed by atoms with van der Waals surface area (Å²) in [6, 6.07) is 19.1. The molecule has 0 bridgehead atoms. The summed E-state index contributed by atoms with van der Waals surface area (Å²) >= 11 is 0. The molecule has 0 aromatic heterocycles. The Balaban J connectivity index is 2.03. The van der Waals surface area contributed by atoms with E-state index >= 15 is 0 Å². The van der Waals surface area contributed by atoms with Crippen LogP contribution in [0.1, 0.15) is 6.92 Å². The van der Waals surface area contributed by atoms with Crippen LogP contribution in [-0.2, 0) is 0 Å². The maximum atomic E-state index is 14.7. The topological polar surface area (TPSA) is 0 Å². The SMILES string of the molecule is C/C=C\C=C(/CF)P(CCP(c1ccccc1F)c1ccccc1F)c1ccccc1F. The monoisotopic (exact) mass is 474 g/mol. The molecule has 6 heteroatoms. The van der Waals surface area contributed by atoms with Gasteiger partial charge in [-0.1, -0.05) is 72.8 Å². The van der Waals surface area contributed by atoms with Crippen LogP contribution >= 0.6 is 15.8 Å². The molecular weight excluding hydrogens is 450 g/mol. The van der Waals surface area contributed by atoms with Gasteiger partial charge in [0.05, 0.1) is 0 Å². The van der Waals surface area contributed by atoms with Crippen molar-refractivity contribution in [1.82, 2.24) is 0 Å². The fraction of sp³-hybridized carbons (Fsp3) is 0.154. The third-order valence-corrected chi connectivity index (χ3v) is 10.4. The van der Waals surface area contributed by atoms with Gasteiger partial charge >= 0.3 is 0 Å². The van der Waals surface area contributed by atoms with Crippen molar-refractivity contribution in [3.05, 3.63) is 114 Å². The molecule has 3 rings (SSSR count). The second kappa shape index (κ2) is 12.1. The Hall–Kier alpha value is -2.28. The molecule has 0 amide bonds. The highest BCUT2D eigenvalue weighted by Gasteiger charge is 2.25. The largest absolute Gasteiger partial charge is 0.246 e. The van der Waals surface area contributed by atoms with E-state index in [9.17, 15) is 17.6 Å². The van der Waals surface area contributed by atoms with E-state index < -0.39 is 34.2 Å². The molecule has 3 aromatic carbocycles. The molecule has 0 aliphatic heterocycles. The minimum Gasteiger partial charge on any atom is -0.246 e. The molecule has 0 saturated carbocycles. The van der Waals surface area contributed by atoms with Crippen LogP contribution in [0.2, 0.25) is 0 Å². The summed E-state index contributed by atoms with van der Waals surface area (Å²) in [7, 11) is -2.74. The van der Waals surface area contributed by atoms with Crippen LogP contribution in [-0.4, -0.2) is 19.0 Å². The van der Waals surface area contributed by atoms with E-state index in [-0.39, 0.29) is 5.82 Å². The van der Waals surface area contributed by atoms with Gasteiger partial charge < -0.3 is 0 Å². The van der Waals surface area contributed by atoms with Crippen molar-refractivity contribution in [1.29, 1.82) is 0 Å². The maximum Gasteiger partial charge on any atom is 0.131 e. The predicted molar refractivity (Wildman–Crippen MR) is 131 cm³/mol. The molecule has 32 heavy (non-hydrogen) atoms. The summed E-state index contributed by atoms with van der Waals surface area (Å²) in [5.41, 5.74) is 0. The van der Waals surface area contributed by atoms with Gasteiger partial charge in [0.2, 0.25) is 0 Å². The normalized spacial score (nSPS) is 13.1. The Bertz CT molecular complexity index is 1050. The van der Waals surface area contributed by atoms with Crippen LogP contribution < -0.4 is 15.9 Å². The van der Waals surface area contributed by atoms with Crippen molar-refractivity contribution in [2.24, 2.45) is 0 Å². The second-order valence-corrected chi connectivity index (χ2v) is 11.6. The molecule has 0 fully saturated rings. The van der Waals surface area contributed by atoms with Gasteiger partial charge in [-0.25, -0.2) is 17.6 Å². The van der Waals surface area contributed by atoms with E-state index in [0.717, 1.165) is 0 Å². The smallest absolute Gasteiger partial charge is 0.131 e. The van der Waals surface area contributed by atoms with Crippen molar-refractivity contribution >= 4 is 31.8 Å². The summed E-state index contributed by atoms with van der Waals surface area (Å²) in [5, 5.41) is 1.83. The zero-order valence-corrected chi connectivity index (χ0v) is 19.5. The first-order chi connectivity index (χ1) is 15.6. The van der Waals surface area contributed by atoms with Crippen LogP contribution in [0, 0.1) is 17.5 Å². The van der Waals surface area contributed by atoms with E-state index in [2.05, 4.69) is 0 Å². The minimum atomic E-state index is -1.39. The molecular formula is C26H24F4P2. The zero-order chi connectivity index (χ0) is 22.9. The van der Waals surface area contributed by atoms with Gasteiger partial charge in [-0.3, -0.25) is 0 Å². The Morgan fingerprint density at radius 3 is 1.62 bits per heavy atom. The molecule has 1 unspecified atom stereocenters. The third kappa shape index (κ3) is 5.94. The molecule has 0 nitrogen and oxygen atoms in total. The summed E-state index contributed by atoms with van der Waals surface area (Å²) in [6.45, 7) is 1.12. The van der Waals surface area contributed by atoms with Crippen molar-refractivity contribution < 1.29 is 17.6 Å². The van der Waals surface area contributed by atoms with Crippen molar-refractivity contribution in [3.8, 4) is 0 Å².